The zero-order valence-electron chi connectivity index (χ0n) is 24.4. The molecule has 0 spiro atoms. The van der Waals surface area contributed by atoms with Gasteiger partial charge in [0.05, 0.1) is 0 Å². The third-order valence-corrected chi connectivity index (χ3v) is 6.94. The normalized spacial score (nSPS) is 12.9. The monoisotopic (exact) mass is 520 g/mol. The Morgan fingerprint density at radius 1 is 0.625 bits per heavy atom. The molecule has 0 bridgehead atoms. The third-order valence-electron chi connectivity index (χ3n) is 6.94. The van der Waals surface area contributed by atoms with Crippen LogP contribution in [-0.4, -0.2) is 0 Å². The minimum Gasteiger partial charge on any atom is -0.0991 e. The van der Waals surface area contributed by atoms with Gasteiger partial charge in [-0.15, -0.1) is 0 Å². The highest BCUT2D eigenvalue weighted by Crippen LogP contribution is 2.34. The summed E-state index contributed by atoms with van der Waals surface area (Å²) >= 11 is 0. The molecule has 3 aromatic rings. The lowest BCUT2D eigenvalue weighted by Gasteiger charge is -2.14. The Labute approximate surface area is 241 Å². The van der Waals surface area contributed by atoms with E-state index in [-0.39, 0.29) is 0 Å². The summed E-state index contributed by atoms with van der Waals surface area (Å²) in [5.41, 5.74) is 13.3. The molecule has 0 heterocycles. The molecule has 40 heavy (non-hydrogen) atoms. The predicted octanol–water partition coefficient (Wildman–Crippen LogP) is 11.8. The smallest absolute Gasteiger partial charge is 0.0171 e. The molecular formula is C40H40. The van der Waals surface area contributed by atoms with Gasteiger partial charge in [0, 0.05) is 0 Å². The highest BCUT2D eigenvalue weighted by Gasteiger charge is 2.11. The van der Waals surface area contributed by atoms with E-state index >= 15 is 0 Å². The first kappa shape index (κ1) is 29.9. The number of allylic oxidation sites excluding steroid dienone is 14. The van der Waals surface area contributed by atoms with Gasteiger partial charge in [0.2, 0.25) is 0 Å². The van der Waals surface area contributed by atoms with Gasteiger partial charge in [0.15, 0.2) is 0 Å². The number of hydrogen-bond acceptors (Lipinski definition) is 0. The summed E-state index contributed by atoms with van der Waals surface area (Å²) in [7, 11) is 0. The standard InChI is InChI=1S/C40H40/c1-9-17-29(7)30(8)23-33(14-6)38-26-39(36-21-15-19-34(24-36)31(11-3)12-4)28-40(27-38)37-22-16-20-35(25-37)32(13-5)18-10-2/h9-28H,1,3,6,8H2,2,4-5,7H3/b18-10-,29-17+,31-12+,32-13+,33-23+. The number of hydrogen-bond donors (Lipinski definition) is 0. The summed E-state index contributed by atoms with van der Waals surface area (Å²) in [5.74, 6) is 0. The first-order chi connectivity index (χ1) is 19.4. The van der Waals surface area contributed by atoms with Gasteiger partial charge in [-0.2, -0.15) is 0 Å². The van der Waals surface area contributed by atoms with Gasteiger partial charge in [0.25, 0.3) is 0 Å². The molecule has 0 amide bonds. The van der Waals surface area contributed by atoms with Crippen LogP contribution in [0, 0.1) is 0 Å². The lowest BCUT2D eigenvalue weighted by molar-refractivity contribution is 1.44. The van der Waals surface area contributed by atoms with Crippen molar-refractivity contribution in [3.63, 3.8) is 0 Å². The molecule has 0 saturated heterocycles. The van der Waals surface area contributed by atoms with Crippen molar-refractivity contribution in [1.82, 2.24) is 0 Å². The molecule has 0 nitrogen and oxygen atoms in total. The summed E-state index contributed by atoms with van der Waals surface area (Å²) in [5, 5.41) is 0. The van der Waals surface area contributed by atoms with Crippen LogP contribution in [0.2, 0.25) is 0 Å². The van der Waals surface area contributed by atoms with Crippen molar-refractivity contribution in [3.05, 3.63) is 176 Å². The molecule has 0 aliphatic heterocycles. The molecule has 0 atom stereocenters. The van der Waals surface area contributed by atoms with Crippen molar-refractivity contribution in [2.45, 2.75) is 27.7 Å². The van der Waals surface area contributed by atoms with Crippen LogP contribution >= 0.6 is 0 Å². The summed E-state index contributed by atoms with van der Waals surface area (Å²) < 4.78 is 0. The average molecular weight is 521 g/mol. The Hall–Kier alpha value is -4.68. The Balaban J connectivity index is 2.29. The second-order valence-corrected chi connectivity index (χ2v) is 9.57. The van der Waals surface area contributed by atoms with Crippen LogP contribution < -0.4 is 0 Å². The van der Waals surface area contributed by atoms with E-state index in [0.29, 0.717) is 0 Å². The molecule has 200 valence electrons. The molecule has 3 aromatic carbocycles. The van der Waals surface area contributed by atoms with Gasteiger partial charge >= 0.3 is 0 Å². The highest BCUT2D eigenvalue weighted by atomic mass is 14.1. The number of rotatable bonds is 11. The van der Waals surface area contributed by atoms with Crippen LogP contribution in [0.5, 0.6) is 0 Å². The second-order valence-electron chi connectivity index (χ2n) is 9.57. The van der Waals surface area contributed by atoms with Crippen LogP contribution in [0.15, 0.2) is 159 Å². The fourth-order valence-corrected chi connectivity index (χ4v) is 4.67. The maximum atomic E-state index is 4.29. The maximum Gasteiger partial charge on any atom is -0.0171 e. The SMILES string of the molecule is C=C/C=C(\C)C(=C)/C=C(\C=C)c1cc(-c2cccc(/C(C=C)=C/C)c2)cc(-c2cccc(C(/C=C\C)=C/C)c2)c1. The van der Waals surface area contributed by atoms with E-state index < -0.39 is 0 Å². The van der Waals surface area contributed by atoms with Crippen LogP contribution in [0.4, 0.5) is 0 Å². The van der Waals surface area contributed by atoms with Crippen molar-refractivity contribution in [1.29, 1.82) is 0 Å². The zero-order valence-corrected chi connectivity index (χ0v) is 24.4. The first-order valence-electron chi connectivity index (χ1n) is 13.7. The van der Waals surface area contributed by atoms with Crippen molar-refractivity contribution < 1.29 is 0 Å². The van der Waals surface area contributed by atoms with Gasteiger partial charge in [-0.3, -0.25) is 0 Å². The van der Waals surface area contributed by atoms with Gasteiger partial charge in [-0.1, -0.05) is 111 Å². The Kier molecular flexibility index (Phi) is 10.8. The fourth-order valence-electron chi connectivity index (χ4n) is 4.67. The molecule has 0 N–H and O–H groups in total. The Morgan fingerprint density at radius 3 is 1.62 bits per heavy atom. The lowest BCUT2D eigenvalue weighted by Crippen LogP contribution is -1.91. The van der Waals surface area contributed by atoms with E-state index in [4.69, 9.17) is 0 Å². The Bertz CT molecular complexity index is 1570. The van der Waals surface area contributed by atoms with E-state index in [2.05, 4.69) is 130 Å². The summed E-state index contributed by atoms with van der Waals surface area (Å²) in [6.07, 6.45) is 18.1. The zero-order chi connectivity index (χ0) is 29.1. The van der Waals surface area contributed by atoms with E-state index in [1.165, 1.54) is 11.1 Å². The van der Waals surface area contributed by atoms with Gasteiger partial charge in [-0.05, 0) is 131 Å². The van der Waals surface area contributed by atoms with Crippen molar-refractivity contribution in [2.24, 2.45) is 0 Å². The van der Waals surface area contributed by atoms with Crippen LogP contribution in [0.25, 0.3) is 39.0 Å². The van der Waals surface area contributed by atoms with Crippen molar-refractivity contribution in [3.8, 4) is 22.3 Å². The molecule has 0 unspecified atom stereocenters. The van der Waals surface area contributed by atoms with Crippen LogP contribution in [0.1, 0.15) is 44.4 Å². The van der Waals surface area contributed by atoms with E-state index in [1.54, 1.807) is 6.08 Å². The topological polar surface area (TPSA) is 0 Å². The third kappa shape index (κ3) is 7.24. The minimum atomic E-state index is 0.929. The summed E-state index contributed by atoms with van der Waals surface area (Å²) in [6, 6.07) is 24.1. The summed E-state index contributed by atoms with van der Waals surface area (Å²) in [4.78, 5) is 0. The first-order valence-corrected chi connectivity index (χ1v) is 13.7. The molecule has 3 rings (SSSR count). The number of benzene rings is 3. The Morgan fingerprint density at radius 2 is 1.15 bits per heavy atom. The quantitative estimate of drug-likeness (QED) is 0.221. The van der Waals surface area contributed by atoms with Crippen molar-refractivity contribution >= 4 is 16.7 Å². The predicted molar refractivity (Wildman–Crippen MR) is 181 cm³/mol. The maximum absolute atomic E-state index is 4.29. The average Bonchev–Trinajstić information content (AvgIpc) is 2.99. The van der Waals surface area contributed by atoms with Crippen molar-refractivity contribution in [2.75, 3.05) is 0 Å². The van der Waals surface area contributed by atoms with Crippen LogP contribution in [-0.2, 0) is 0 Å². The van der Waals surface area contributed by atoms with E-state index in [1.807, 2.05) is 39.0 Å². The van der Waals surface area contributed by atoms with E-state index in [0.717, 1.165) is 55.7 Å². The molecule has 0 radical (unpaired) electrons. The molecule has 0 aliphatic carbocycles. The highest BCUT2D eigenvalue weighted by molar-refractivity contribution is 5.86. The lowest BCUT2D eigenvalue weighted by atomic mass is 9.90. The molecular weight excluding hydrogens is 480 g/mol. The molecule has 0 aliphatic rings. The molecule has 0 aromatic heterocycles. The van der Waals surface area contributed by atoms with Gasteiger partial charge in [0.1, 0.15) is 0 Å². The minimum absolute atomic E-state index is 0.929. The van der Waals surface area contributed by atoms with Crippen LogP contribution in [0.3, 0.4) is 0 Å². The van der Waals surface area contributed by atoms with Gasteiger partial charge < -0.3 is 0 Å². The molecule has 0 fully saturated rings. The second kappa shape index (κ2) is 14.5. The van der Waals surface area contributed by atoms with Gasteiger partial charge in [-0.25, -0.2) is 0 Å². The van der Waals surface area contributed by atoms with E-state index in [9.17, 15) is 0 Å². The largest absolute Gasteiger partial charge is 0.0991 e. The fraction of sp³-hybridized carbons (Fsp3) is 0.100. The molecule has 0 heteroatoms. The summed E-state index contributed by atoms with van der Waals surface area (Å²) in [6.45, 7) is 24.5. The molecule has 0 saturated carbocycles.